The van der Waals surface area contributed by atoms with Gasteiger partial charge in [-0.15, -0.1) is 0 Å². The molecule has 0 spiro atoms. The Hall–Kier alpha value is -1.93. The number of fused-ring (bicyclic) bond motifs is 7. The highest BCUT2D eigenvalue weighted by molar-refractivity contribution is 5.80. The molecule has 8 nitrogen and oxygen atoms in total. The number of hydrogen-bond donors (Lipinski definition) is 3. The molecule has 0 amide bonds. The van der Waals surface area contributed by atoms with Gasteiger partial charge in [0, 0.05) is 12.3 Å². The van der Waals surface area contributed by atoms with Gasteiger partial charge >= 0.3 is 17.9 Å². The molecule has 41 heavy (non-hydrogen) atoms. The fourth-order valence-corrected chi connectivity index (χ4v) is 11.4. The Morgan fingerprint density at radius 2 is 1.63 bits per heavy atom. The van der Waals surface area contributed by atoms with Crippen LogP contribution in [0.3, 0.4) is 0 Å². The van der Waals surface area contributed by atoms with E-state index in [2.05, 4.69) is 26.8 Å². The van der Waals surface area contributed by atoms with E-state index in [1.54, 1.807) is 0 Å². The van der Waals surface area contributed by atoms with E-state index in [0.29, 0.717) is 32.1 Å². The van der Waals surface area contributed by atoms with Gasteiger partial charge in [-0.1, -0.05) is 39.3 Å². The van der Waals surface area contributed by atoms with Gasteiger partial charge in [-0.3, -0.25) is 14.4 Å². The standard InChI is InChI=1S/C33H50O8/c1-19(35)41-25-22(36)17-29(3)23(30(25,4)18-34)10-11-32(6)24(29)9-8-20-21-16-28(2,27(39)40-7)12-14-33(21,26(37)38)15-13-31(20,32)5/h8,21-25,34,36H,9-18H2,1-7H3,(H,37,38). The lowest BCUT2D eigenvalue weighted by Crippen LogP contribution is -2.68. The predicted octanol–water partition coefficient (Wildman–Crippen LogP) is 4.90. The molecular weight excluding hydrogens is 524 g/mol. The number of rotatable bonds is 4. The highest BCUT2D eigenvalue weighted by Crippen LogP contribution is 2.76. The Kier molecular flexibility index (Phi) is 7.10. The number of carboxylic acids is 1. The molecule has 5 aliphatic rings. The molecule has 0 aromatic heterocycles. The Morgan fingerprint density at radius 3 is 2.22 bits per heavy atom. The average Bonchev–Trinajstić information content (AvgIpc) is 2.90. The lowest BCUT2D eigenvalue weighted by atomic mass is 9.33. The van der Waals surface area contributed by atoms with Crippen LogP contribution in [-0.4, -0.2) is 59.2 Å². The monoisotopic (exact) mass is 574 g/mol. The summed E-state index contributed by atoms with van der Waals surface area (Å²) in [5.74, 6) is -1.48. The zero-order chi connectivity index (χ0) is 30.4. The number of aliphatic hydroxyl groups excluding tert-OH is 2. The summed E-state index contributed by atoms with van der Waals surface area (Å²) in [4.78, 5) is 37.9. The molecule has 4 fully saturated rings. The zero-order valence-electron chi connectivity index (χ0n) is 25.9. The molecule has 0 heterocycles. The van der Waals surface area contributed by atoms with Crippen molar-refractivity contribution in [3.05, 3.63) is 11.6 Å². The van der Waals surface area contributed by atoms with Crippen molar-refractivity contribution in [3.63, 3.8) is 0 Å². The summed E-state index contributed by atoms with van der Waals surface area (Å²) in [6.07, 6.45) is 6.38. The first-order valence-corrected chi connectivity index (χ1v) is 15.5. The number of aliphatic hydroxyl groups is 2. The number of aliphatic carboxylic acids is 1. The van der Waals surface area contributed by atoms with Crippen LogP contribution in [0.2, 0.25) is 0 Å². The minimum Gasteiger partial charge on any atom is -0.481 e. The van der Waals surface area contributed by atoms with E-state index < -0.39 is 40.4 Å². The van der Waals surface area contributed by atoms with Crippen molar-refractivity contribution in [2.75, 3.05) is 13.7 Å². The molecule has 0 aromatic rings. The quantitative estimate of drug-likeness (QED) is 0.319. The van der Waals surface area contributed by atoms with Crippen molar-refractivity contribution >= 4 is 17.9 Å². The number of carbonyl (C=O) groups is 3. The van der Waals surface area contributed by atoms with Crippen molar-refractivity contribution < 1.29 is 39.2 Å². The van der Waals surface area contributed by atoms with Gasteiger partial charge < -0.3 is 24.8 Å². The summed E-state index contributed by atoms with van der Waals surface area (Å²) < 4.78 is 10.9. The van der Waals surface area contributed by atoms with E-state index in [1.165, 1.54) is 19.6 Å². The van der Waals surface area contributed by atoms with Gasteiger partial charge in [-0.25, -0.2) is 0 Å². The molecule has 5 aliphatic carbocycles. The van der Waals surface area contributed by atoms with Gasteiger partial charge in [0.05, 0.1) is 30.7 Å². The van der Waals surface area contributed by atoms with Crippen LogP contribution in [0.4, 0.5) is 0 Å². The van der Waals surface area contributed by atoms with Crippen LogP contribution < -0.4 is 0 Å². The van der Waals surface area contributed by atoms with Gasteiger partial charge in [0.2, 0.25) is 0 Å². The number of ether oxygens (including phenoxy) is 2. The first-order chi connectivity index (χ1) is 19.0. The van der Waals surface area contributed by atoms with Crippen molar-refractivity contribution in [2.24, 2.45) is 50.2 Å². The van der Waals surface area contributed by atoms with Gasteiger partial charge in [0.25, 0.3) is 0 Å². The average molecular weight is 575 g/mol. The number of allylic oxidation sites excluding steroid dienone is 2. The summed E-state index contributed by atoms with van der Waals surface area (Å²) in [5, 5.41) is 32.8. The van der Waals surface area contributed by atoms with E-state index in [-0.39, 0.29) is 46.6 Å². The summed E-state index contributed by atoms with van der Waals surface area (Å²) in [5.41, 5.74) is -1.94. The molecule has 0 saturated heterocycles. The third kappa shape index (κ3) is 3.87. The Balaban J connectivity index is 1.59. The number of carbonyl (C=O) groups excluding carboxylic acids is 2. The summed E-state index contributed by atoms with van der Waals surface area (Å²) in [6, 6.07) is 0. The van der Waals surface area contributed by atoms with E-state index in [9.17, 15) is 29.7 Å². The summed E-state index contributed by atoms with van der Waals surface area (Å²) in [7, 11) is 1.41. The molecule has 0 aromatic carbocycles. The van der Waals surface area contributed by atoms with Gasteiger partial charge in [0.15, 0.2) is 0 Å². The Morgan fingerprint density at radius 1 is 0.976 bits per heavy atom. The third-order valence-corrected chi connectivity index (χ3v) is 13.9. The van der Waals surface area contributed by atoms with Crippen LogP contribution in [0.1, 0.15) is 99.3 Å². The molecule has 5 rings (SSSR count). The summed E-state index contributed by atoms with van der Waals surface area (Å²) >= 11 is 0. The van der Waals surface area contributed by atoms with Gasteiger partial charge in [-0.05, 0) is 98.7 Å². The minimum atomic E-state index is -0.886. The molecule has 0 radical (unpaired) electrons. The van der Waals surface area contributed by atoms with Gasteiger partial charge in [0.1, 0.15) is 6.10 Å². The summed E-state index contributed by atoms with van der Waals surface area (Å²) in [6.45, 7) is 12.0. The van der Waals surface area contributed by atoms with Crippen LogP contribution in [0.5, 0.6) is 0 Å². The number of methoxy groups -OCH3 is 1. The largest absolute Gasteiger partial charge is 0.481 e. The first-order valence-electron chi connectivity index (χ1n) is 15.5. The van der Waals surface area contributed by atoms with Crippen LogP contribution in [-0.2, 0) is 23.9 Å². The Labute approximate surface area is 244 Å². The third-order valence-electron chi connectivity index (χ3n) is 13.9. The molecule has 230 valence electrons. The van der Waals surface area contributed by atoms with E-state index in [1.807, 2.05) is 13.8 Å². The maximum absolute atomic E-state index is 13.0. The predicted molar refractivity (Wildman–Crippen MR) is 151 cm³/mol. The molecule has 0 bridgehead atoms. The molecule has 3 N–H and O–H groups in total. The van der Waals surface area contributed by atoms with Gasteiger partial charge in [-0.2, -0.15) is 0 Å². The van der Waals surface area contributed by atoms with E-state index >= 15 is 0 Å². The molecule has 0 aliphatic heterocycles. The lowest BCUT2D eigenvalue weighted by molar-refractivity contribution is -0.250. The Bertz CT molecular complexity index is 1160. The zero-order valence-corrected chi connectivity index (χ0v) is 25.9. The molecule has 8 heteroatoms. The maximum Gasteiger partial charge on any atom is 0.311 e. The lowest BCUT2D eigenvalue weighted by Gasteiger charge is -2.71. The van der Waals surface area contributed by atoms with Crippen LogP contribution in [0, 0.1) is 50.2 Å². The number of carboxylic acid groups (broad SMARTS) is 1. The van der Waals surface area contributed by atoms with Crippen molar-refractivity contribution in [1.82, 2.24) is 0 Å². The maximum atomic E-state index is 13.0. The molecule has 11 unspecified atom stereocenters. The smallest absolute Gasteiger partial charge is 0.311 e. The van der Waals surface area contributed by atoms with Crippen LogP contribution >= 0.6 is 0 Å². The highest BCUT2D eigenvalue weighted by Gasteiger charge is 2.71. The molecule has 11 atom stereocenters. The second-order valence-electron chi connectivity index (χ2n) is 15.5. The second-order valence-corrected chi connectivity index (χ2v) is 15.5. The second kappa shape index (κ2) is 9.54. The SMILES string of the molecule is COC(=O)C1(C)CCC2(C(=O)O)CCC3(C)C(=CCC4C5(C)CC(O)C(OC(C)=O)C(C)(CO)C5CCC43C)C2C1. The van der Waals surface area contributed by atoms with Crippen molar-refractivity contribution in [2.45, 2.75) is 112 Å². The molecule has 4 saturated carbocycles. The van der Waals surface area contributed by atoms with Crippen LogP contribution in [0.25, 0.3) is 0 Å². The number of esters is 2. The van der Waals surface area contributed by atoms with E-state index in [4.69, 9.17) is 9.47 Å². The highest BCUT2D eigenvalue weighted by atomic mass is 16.6. The normalized spacial score (nSPS) is 50.7. The topological polar surface area (TPSA) is 130 Å². The molecular formula is C33H50O8. The fourth-order valence-electron chi connectivity index (χ4n) is 11.4. The van der Waals surface area contributed by atoms with Crippen molar-refractivity contribution in [3.8, 4) is 0 Å². The minimum absolute atomic E-state index is 0.0448. The first kappa shape index (κ1) is 30.5. The number of hydrogen-bond acceptors (Lipinski definition) is 7. The fraction of sp³-hybridized carbons (Fsp3) is 0.848. The van der Waals surface area contributed by atoms with E-state index in [0.717, 1.165) is 25.7 Å². The van der Waals surface area contributed by atoms with Crippen LogP contribution in [0.15, 0.2) is 11.6 Å². The van der Waals surface area contributed by atoms with Crippen molar-refractivity contribution in [1.29, 1.82) is 0 Å².